The molecule has 0 bridgehead atoms. The molecule has 1 aromatic rings. The number of aromatic nitrogens is 2. The van der Waals surface area contributed by atoms with E-state index in [0.29, 0.717) is 12.3 Å². The number of hydrogen-bond donors (Lipinski definition) is 0. The van der Waals surface area contributed by atoms with Crippen molar-refractivity contribution in [2.24, 2.45) is 7.05 Å². The lowest BCUT2D eigenvalue weighted by Crippen LogP contribution is -2.38. The first kappa shape index (κ1) is 12.7. The summed E-state index contributed by atoms with van der Waals surface area (Å²) >= 11 is 0. The zero-order valence-electron chi connectivity index (χ0n) is 11.6. The number of likely N-dealkylation sites (tertiary alicyclic amines) is 1. The fourth-order valence-corrected chi connectivity index (χ4v) is 3.05. The molecule has 0 aliphatic carbocycles. The molecule has 0 atom stereocenters. The summed E-state index contributed by atoms with van der Waals surface area (Å²) in [4.78, 5) is 21.0. The number of carbonyl (C=O) groups excluding carboxylic acids is 1. The van der Waals surface area contributed by atoms with Crippen LogP contribution in [0, 0.1) is 0 Å². The lowest BCUT2D eigenvalue weighted by Gasteiger charge is -2.28. The van der Waals surface area contributed by atoms with Crippen LogP contribution in [0.2, 0.25) is 0 Å². The Morgan fingerprint density at radius 2 is 2.11 bits per heavy atom. The summed E-state index contributed by atoms with van der Waals surface area (Å²) in [5.41, 5.74) is 2.35. The minimum absolute atomic E-state index is 0.291. The number of fused-ring (bicyclic) bond motifs is 1. The molecule has 2 aliphatic rings. The Bertz CT molecular complexity index is 462. The molecule has 2 aliphatic heterocycles. The SMILES string of the molecule is Cn1cnc2c1CN(C(=O)CCN1CCCC1)CC2. The molecule has 0 saturated carbocycles. The summed E-state index contributed by atoms with van der Waals surface area (Å²) in [5, 5.41) is 0. The van der Waals surface area contributed by atoms with Crippen molar-refractivity contribution in [2.75, 3.05) is 26.2 Å². The number of amides is 1. The number of carbonyl (C=O) groups is 1. The number of hydrogen-bond acceptors (Lipinski definition) is 3. The van der Waals surface area contributed by atoms with Crippen LogP contribution in [0.3, 0.4) is 0 Å². The molecule has 3 heterocycles. The Morgan fingerprint density at radius 1 is 1.32 bits per heavy atom. The van der Waals surface area contributed by atoms with Crippen molar-refractivity contribution in [1.82, 2.24) is 19.4 Å². The van der Waals surface area contributed by atoms with E-state index in [4.69, 9.17) is 0 Å². The molecule has 1 aromatic heterocycles. The van der Waals surface area contributed by atoms with Gasteiger partial charge in [-0.2, -0.15) is 0 Å². The van der Waals surface area contributed by atoms with Gasteiger partial charge in [0.05, 0.1) is 24.3 Å². The third kappa shape index (κ3) is 2.66. The lowest BCUT2D eigenvalue weighted by molar-refractivity contribution is -0.132. The predicted molar refractivity (Wildman–Crippen MR) is 72.6 cm³/mol. The third-order valence-electron chi connectivity index (χ3n) is 4.30. The van der Waals surface area contributed by atoms with Crippen LogP contribution in [0.5, 0.6) is 0 Å². The van der Waals surface area contributed by atoms with E-state index in [2.05, 4.69) is 9.88 Å². The molecule has 5 nitrogen and oxygen atoms in total. The maximum Gasteiger partial charge on any atom is 0.224 e. The molecule has 1 fully saturated rings. The van der Waals surface area contributed by atoms with Crippen molar-refractivity contribution < 1.29 is 4.79 Å². The fraction of sp³-hybridized carbons (Fsp3) is 0.714. The highest BCUT2D eigenvalue weighted by Gasteiger charge is 2.24. The lowest BCUT2D eigenvalue weighted by atomic mass is 10.1. The molecule has 0 aromatic carbocycles. The Hall–Kier alpha value is -1.36. The summed E-state index contributed by atoms with van der Waals surface area (Å²) in [6, 6.07) is 0. The first-order valence-electron chi connectivity index (χ1n) is 7.23. The molecular weight excluding hydrogens is 240 g/mol. The third-order valence-corrected chi connectivity index (χ3v) is 4.30. The highest BCUT2D eigenvalue weighted by molar-refractivity contribution is 5.76. The van der Waals surface area contributed by atoms with Crippen molar-refractivity contribution in [3.05, 3.63) is 17.7 Å². The van der Waals surface area contributed by atoms with Gasteiger partial charge in [0.2, 0.25) is 5.91 Å². The molecule has 0 spiro atoms. The van der Waals surface area contributed by atoms with Gasteiger partial charge in [-0.3, -0.25) is 4.79 Å². The summed E-state index contributed by atoms with van der Waals surface area (Å²) in [7, 11) is 2.00. The van der Waals surface area contributed by atoms with Crippen molar-refractivity contribution in [2.45, 2.75) is 32.2 Å². The van der Waals surface area contributed by atoms with Gasteiger partial charge in [-0.25, -0.2) is 4.98 Å². The topological polar surface area (TPSA) is 41.4 Å². The number of aryl methyl sites for hydroxylation is 1. The van der Waals surface area contributed by atoms with Crippen LogP contribution in [0.4, 0.5) is 0 Å². The van der Waals surface area contributed by atoms with E-state index in [1.165, 1.54) is 31.6 Å². The van der Waals surface area contributed by atoms with E-state index >= 15 is 0 Å². The molecule has 1 amide bonds. The standard InChI is InChI=1S/C14H22N4O/c1-16-11-15-12-4-9-18(10-13(12)16)14(19)5-8-17-6-2-3-7-17/h11H,2-10H2,1H3. The van der Waals surface area contributed by atoms with E-state index in [-0.39, 0.29) is 0 Å². The van der Waals surface area contributed by atoms with Crippen molar-refractivity contribution in [3.63, 3.8) is 0 Å². The second-order valence-corrected chi connectivity index (χ2v) is 5.61. The molecule has 0 N–H and O–H groups in total. The van der Waals surface area contributed by atoms with Gasteiger partial charge in [-0.1, -0.05) is 0 Å². The Balaban J connectivity index is 1.55. The number of nitrogens with zero attached hydrogens (tertiary/aromatic N) is 4. The van der Waals surface area contributed by atoms with Gasteiger partial charge in [0.15, 0.2) is 0 Å². The van der Waals surface area contributed by atoms with Crippen LogP contribution >= 0.6 is 0 Å². The van der Waals surface area contributed by atoms with E-state index in [0.717, 1.165) is 31.7 Å². The monoisotopic (exact) mass is 262 g/mol. The van der Waals surface area contributed by atoms with E-state index in [1.54, 1.807) is 0 Å². The van der Waals surface area contributed by atoms with Crippen LogP contribution in [0.15, 0.2) is 6.33 Å². The Kier molecular flexibility index (Phi) is 3.55. The molecule has 1 saturated heterocycles. The number of imidazole rings is 1. The van der Waals surface area contributed by atoms with E-state index in [1.807, 2.05) is 22.8 Å². The van der Waals surface area contributed by atoms with Crippen LogP contribution < -0.4 is 0 Å². The van der Waals surface area contributed by atoms with Crippen LogP contribution in [0.25, 0.3) is 0 Å². The van der Waals surface area contributed by atoms with Crippen LogP contribution in [-0.2, 0) is 24.8 Å². The highest BCUT2D eigenvalue weighted by atomic mass is 16.2. The maximum absolute atomic E-state index is 12.3. The second kappa shape index (κ2) is 5.33. The van der Waals surface area contributed by atoms with Gasteiger partial charge in [0.1, 0.15) is 0 Å². The summed E-state index contributed by atoms with van der Waals surface area (Å²) < 4.78 is 2.04. The van der Waals surface area contributed by atoms with E-state index in [9.17, 15) is 4.79 Å². The predicted octanol–water partition coefficient (Wildman–Crippen LogP) is 0.791. The molecule has 104 valence electrons. The Morgan fingerprint density at radius 3 is 2.89 bits per heavy atom. The minimum Gasteiger partial charge on any atom is -0.336 e. The summed E-state index contributed by atoms with van der Waals surface area (Å²) in [5.74, 6) is 0.291. The molecule has 5 heteroatoms. The van der Waals surface area contributed by atoms with Gasteiger partial charge < -0.3 is 14.4 Å². The molecule has 19 heavy (non-hydrogen) atoms. The zero-order valence-corrected chi connectivity index (χ0v) is 11.6. The van der Waals surface area contributed by atoms with Crippen LogP contribution in [-0.4, -0.2) is 51.4 Å². The zero-order chi connectivity index (χ0) is 13.2. The normalized spacial score (nSPS) is 19.7. The van der Waals surface area contributed by atoms with Gasteiger partial charge in [-0.05, 0) is 25.9 Å². The fourth-order valence-electron chi connectivity index (χ4n) is 3.05. The summed E-state index contributed by atoms with van der Waals surface area (Å²) in [6.45, 7) is 4.80. The maximum atomic E-state index is 12.3. The largest absolute Gasteiger partial charge is 0.336 e. The quantitative estimate of drug-likeness (QED) is 0.809. The highest BCUT2D eigenvalue weighted by Crippen LogP contribution is 2.18. The van der Waals surface area contributed by atoms with E-state index < -0.39 is 0 Å². The van der Waals surface area contributed by atoms with Crippen molar-refractivity contribution >= 4 is 5.91 Å². The van der Waals surface area contributed by atoms with Crippen molar-refractivity contribution in [3.8, 4) is 0 Å². The first-order chi connectivity index (χ1) is 9.24. The molecule has 3 rings (SSSR count). The molecule has 0 radical (unpaired) electrons. The average molecular weight is 262 g/mol. The van der Waals surface area contributed by atoms with Crippen molar-refractivity contribution in [1.29, 1.82) is 0 Å². The summed E-state index contributed by atoms with van der Waals surface area (Å²) in [6.07, 6.45) is 5.98. The van der Waals surface area contributed by atoms with Gasteiger partial charge in [0, 0.05) is 33.0 Å². The molecular formula is C14H22N4O. The second-order valence-electron chi connectivity index (χ2n) is 5.61. The smallest absolute Gasteiger partial charge is 0.224 e. The molecule has 0 unspecified atom stereocenters. The Labute approximate surface area is 114 Å². The minimum atomic E-state index is 0.291. The average Bonchev–Trinajstić information content (AvgIpc) is 3.06. The van der Waals surface area contributed by atoms with Gasteiger partial charge in [0.25, 0.3) is 0 Å². The van der Waals surface area contributed by atoms with Crippen LogP contribution in [0.1, 0.15) is 30.7 Å². The van der Waals surface area contributed by atoms with Gasteiger partial charge in [-0.15, -0.1) is 0 Å². The number of rotatable bonds is 3. The van der Waals surface area contributed by atoms with Gasteiger partial charge >= 0.3 is 0 Å². The first-order valence-corrected chi connectivity index (χ1v) is 7.23.